The van der Waals surface area contributed by atoms with Crippen LogP contribution in [0.4, 0.5) is 0 Å². The van der Waals surface area contributed by atoms with Crippen molar-refractivity contribution >= 4 is 0 Å². The van der Waals surface area contributed by atoms with Gasteiger partial charge in [0.2, 0.25) is 0 Å². The fourth-order valence-electron chi connectivity index (χ4n) is 2.60. The van der Waals surface area contributed by atoms with Crippen LogP contribution in [0.15, 0.2) is 47.6 Å². The summed E-state index contributed by atoms with van der Waals surface area (Å²) < 4.78 is 0. The molecule has 0 heteroatoms. The summed E-state index contributed by atoms with van der Waals surface area (Å²) in [5.74, 6) is 0.651. The van der Waals surface area contributed by atoms with Gasteiger partial charge in [0.25, 0.3) is 0 Å². The van der Waals surface area contributed by atoms with Gasteiger partial charge < -0.3 is 0 Å². The summed E-state index contributed by atoms with van der Waals surface area (Å²) in [4.78, 5) is 0. The summed E-state index contributed by atoms with van der Waals surface area (Å²) in [7, 11) is 0. The van der Waals surface area contributed by atoms with Crippen LogP contribution in [0.5, 0.6) is 0 Å². The lowest BCUT2D eigenvalue weighted by molar-refractivity contribution is 0.637. The highest BCUT2D eigenvalue weighted by Crippen LogP contribution is 2.31. The second-order valence-electron chi connectivity index (χ2n) is 4.71. The van der Waals surface area contributed by atoms with Gasteiger partial charge in [-0.2, -0.15) is 0 Å². The minimum absolute atomic E-state index is 0.651. The fraction of sp³-hybridized carbons (Fsp3) is 0.500. The average Bonchev–Trinajstić information content (AvgIpc) is 2.38. The Morgan fingerprint density at radius 1 is 0.938 bits per heavy atom. The first-order valence-corrected chi connectivity index (χ1v) is 6.65. The topological polar surface area (TPSA) is 0 Å². The highest BCUT2D eigenvalue weighted by atomic mass is 14.2. The van der Waals surface area contributed by atoms with Gasteiger partial charge in [0.15, 0.2) is 0 Å². The van der Waals surface area contributed by atoms with E-state index >= 15 is 0 Å². The third-order valence-electron chi connectivity index (χ3n) is 3.43. The Hall–Kier alpha value is -1.04. The SMILES string of the molecule is CCCC(C1=CCCC=C1)C1=CCCC=C1. The number of hydrogen-bond acceptors (Lipinski definition) is 0. The van der Waals surface area contributed by atoms with Crippen LogP contribution in [-0.4, -0.2) is 0 Å². The highest BCUT2D eigenvalue weighted by Gasteiger charge is 2.16. The second-order valence-corrected chi connectivity index (χ2v) is 4.71. The fourth-order valence-corrected chi connectivity index (χ4v) is 2.60. The van der Waals surface area contributed by atoms with Crippen LogP contribution in [0.25, 0.3) is 0 Å². The maximum atomic E-state index is 2.43. The van der Waals surface area contributed by atoms with Crippen molar-refractivity contribution in [3.05, 3.63) is 47.6 Å². The Morgan fingerprint density at radius 2 is 1.50 bits per heavy atom. The quantitative estimate of drug-likeness (QED) is 0.620. The summed E-state index contributed by atoms with van der Waals surface area (Å²) in [6.07, 6.45) is 21.6. The summed E-state index contributed by atoms with van der Waals surface area (Å²) in [6, 6.07) is 0. The van der Waals surface area contributed by atoms with Gasteiger partial charge in [-0.15, -0.1) is 0 Å². The molecule has 2 aliphatic rings. The minimum Gasteiger partial charge on any atom is -0.0839 e. The molecule has 0 aromatic rings. The molecule has 0 radical (unpaired) electrons. The van der Waals surface area contributed by atoms with Gasteiger partial charge >= 0.3 is 0 Å². The molecule has 0 spiro atoms. The minimum atomic E-state index is 0.651. The predicted octanol–water partition coefficient (Wildman–Crippen LogP) is 4.96. The molecule has 0 N–H and O–H groups in total. The van der Waals surface area contributed by atoms with Crippen LogP contribution in [0.2, 0.25) is 0 Å². The summed E-state index contributed by atoms with van der Waals surface area (Å²) in [5, 5.41) is 0. The zero-order valence-corrected chi connectivity index (χ0v) is 10.3. The van der Waals surface area contributed by atoms with E-state index in [1.165, 1.54) is 38.5 Å². The summed E-state index contributed by atoms with van der Waals surface area (Å²) in [5.41, 5.74) is 3.09. The molecule has 0 bridgehead atoms. The molecule has 0 aliphatic heterocycles. The van der Waals surface area contributed by atoms with Gasteiger partial charge in [0.05, 0.1) is 0 Å². The normalized spacial score (nSPS) is 19.9. The molecular formula is C16H22. The van der Waals surface area contributed by atoms with Crippen LogP contribution in [0, 0.1) is 5.92 Å². The Balaban J connectivity index is 2.16. The van der Waals surface area contributed by atoms with Crippen LogP contribution in [0.1, 0.15) is 45.4 Å². The molecule has 0 aromatic heterocycles. The summed E-state index contributed by atoms with van der Waals surface area (Å²) >= 11 is 0. The Morgan fingerprint density at radius 3 is 1.88 bits per heavy atom. The Kier molecular flexibility index (Phi) is 4.21. The molecular weight excluding hydrogens is 192 g/mol. The maximum Gasteiger partial charge on any atom is 0.00827 e. The largest absolute Gasteiger partial charge is 0.0839 e. The number of rotatable bonds is 4. The number of allylic oxidation sites excluding steroid dienone is 8. The Bertz CT molecular complexity index is 307. The van der Waals surface area contributed by atoms with Crippen LogP contribution in [-0.2, 0) is 0 Å². The third-order valence-corrected chi connectivity index (χ3v) is 3.43. The molecule has 2 aliphatic carbocycles. The van der Waals surface area contributed by atoms with Crippen molar-refractivity contribution in [3.63, 3.8) is 0 Å². The van der Waals surface area contributed by atoms with E-state index in [1.54, 1.807) is 11.1 Å². The van der Waals surface area contributed by atoms with Gasteiger partial charge in [0.1, 0.15) is 0 Å². The average molecular weight is 214 g/mol. The van der Waals surface area contributed by atoms with Crippen molar-refractivity contribution in [1.82, 2.24) is 0 Å². The molecule has 0 atom stereocenters. The lowest BCUT2D eigenvalue weighted by Crippen LogP contribution is -2.08. The smallest absolute Gasteiger partial charge is 0.00827 e. The first kappa shape index (κ1) is 11.4. The molecule has 0 fully saturated rings. The maximum absolute atomic E-state index is 2.43. The van der Waals surface area contributed by atoms with E-state index in [9.17, 15) is 0 Å². The van der Waals surface area contributed by atoms with Gasteiger partial charge in [-0.3, -0.25) is 0 Å². The first-order chi connectivity index (χ1) is 7.92. The molecule has 0 saturated carbocycles. The second kappa shape index (κ2) is 5.89. The predicted molar refractivity (Wildman–Crippen MR) is 71.3 cm³/mol. The first-order valence-electron chi connectivity index (χ1n) is 6.65. The van der Waals surface area contributed by atoms with Crippen molar-refractivity contribution in [2.75, 3.05) is 0 Å². The van der Waals surface area contributed by atoms with Crippen molar-refractivity contribution in [2.24, 2.45) is 5.92 Å². The molecule has 0 amide bonds. The zero-order valence-electron chi connectivity index (χ0n) is 10.3. The highest BCUT2D eigenvalue weighted by molar-refractivity contribution is 5.37. The molecule has 0 heterocycles. The third kappa shape index (κ3) is 2.75. The molecule has 0 unspecified atom stereocenters. The van der Waals surface area contributed by atoms with Crippen LogP contribution in [0.3, 0.4) is 0 Å². The molecule has 0 nitrogen and oxygen atoms in total. The van der Waals surface area contributed by atoms with E-state index in [-0.39, 0.29) is 0 Å². The Labute approximate surface area is 99.4 Å². The van der Waals surface area contributed by atoms with Crippen molar-refractivity contribution in [2.45, 2.75) is 45.4 Å². The van der Waals surface area contributed by atoms with E-state index in [4.69, 9.17) is 0 Å². The molecule has 2 rings (SSSR count). The zero-order chi connectivity index (χ0) is 11.2. The lowest BCUT2D eigenvalue weighted by atomic mass is 9.82. The molecule has 0 saturated heterocycles. The van der Waals surface area contributed by atoms with Gasteiger partial charge in [-0.25, -0.2) is 0 Å². The van der Waals surface area contributed by atoms with E-state index in [2.05, 4.69) is 43.4 Å². The molecule has 0 aromatic carbocycles. The van der Waals surface area contributed by atoms with E-state index in [0.29, 0.717) is 5.92 Å². The van der Waals surface area contributed by atoms with Crippen molar-refractivity contribution in [1.29, 1.82) is 0 Å². The van der Waals surface area contributed by atoms with Gasteiger partial charge in [-0.1, -0.05) is 49.8 Å². The number of hydrogen-bond donors (Lipinski definition) is 0. The van der Waals surface area contributed by atoms with E-state index in [0.717, 1.165) is 0 Å². The lowest BCUT2D eigenvalue weighted by Gasteiger charge is -2.22. The molecule has 86 valence electrons. The molecule has 16 heavy (non-hydrogen) atoms. The van der Waals surface area contributed by atoms with Crippen LogP contribution < -0.4 is 0 Å². The van der Waals surface area contributed by atoms with E-state index < -0.39 is 0 Å². The van der Waals surface area contributed by atoms with Gasteiger partial charge in [0, 0.05) is 5.92 Å². The monoisotopic (exact) mass is 214 g/mol. The van der Waals surface area contributed by atoms with E-state index in [1.807, 2.05) is 0 Å². The standard InChI is InChI=1S/C16H22/c1-2-9-16(14-10-5-3-6-11-14)15-12-7-4-8-13-15/h5,7,10-13,16H,2-4,6,8-9H2,1H3. The van der Waals surface area contributed by atoms with Crippen molar-refractivity contribution < 1.29 is 0 Å². The van der Waals surface area contributed by atoms with Gasteiger partial charge in [-0.05, 0) is 43.3 Å². The summed E-state index contributed by atoms with van der Waals surface area (Å²) in [6.45, 7) is 2.28. The van der Waals surface area contributed by atoms with Crippen LogP contribution >= 0.6 is 0 Å². The van der Waals surface area contributed by atoms with Crippen molar-refractivity contribution in [3.8, 4) is 0 Å².